The van der Waals surface area contributed by atoms with Gasteiger partial charge in [-0.15, -0.1) is 0 Å². The van der Waals surface area contributed by atoms with Crippen LogP contribution in [0, 0.1) is 0 Å². The van der Waals surface area contributed by atoms with E-state index in [0.29, 0.717) is 45.7 Å². The molecule has 0 spiro atoms. The van der Waals surface area contributed by atoms with E-state index in [2.05, 4.69) is 0 Å². The molecule has 1 amide bonds. The molecule has 1 aromatic heterocycles. The van der Waals surface area contributed by atoms with Gasteiger partial charge in [0.05, 0.1) is 27.7 Å². The van der Waals surface area contributed by atoms with Crippen molar-refractivity contribution in [1.29, 1.82) is 0 Å². The van der Waals surface area contributed by atoms with Crippen molar-refractivity contribution in [3.8, 4) is 16.9 Å². The van der Waals surface area contributed by atoms with Crippen LogP contribution in [-0.2, 0) is 19.6 Å². The van der Waals surface area contributed by atoms with Crippen molar-refractivity contribution in [3.05, 3.63) is 71.3 Å². The minimum atomic E-state index is -3.75. The van der Waals surface area contributed by atoms with Crippen molar-refractivity contribution < 1.29 is 17.9 Å². The number of carbonyl (C=O) groups excluding carboxylic acids is 1. The number of morpholine rings is 1. The maximum absolute atomic E-state index is 13.6. The third-order valence-corrected chi connectivity index (χ3v) is 9.71. The molecule has 0 aliphatic carbocycles. The summed E-state index contributed by atoms with van der Waals surface area (Å²) in [6.45, 7) is 6.91. The molecule has 8 nitrogen and oxygen atoms in total. The van der Waals surface area contributed by atoms with Crippen molar-refractivity contribution in [2.75, 3.05) is 19.6 Å². The number of thioether (sulfide) groups is 1. The molecule has 5 rings (SSSR count). The lowest BCUT2D eigenvalue weighted by Crippen LogP contribution is -2.48. The molecule has 0 radical (unpaired) electrons. The maximum Gasteiger partial charge on any atom is 0.266 e. The van der Waals surface area contributed by atoms with E-state index in [9.17, 15) is 13.2 Å². The molecule has 2 fully saturated rings. The molecule has 0 bridgehead atoms. The zero-order chi connectivity index (χ0) is 27.7. The van der Waals surface area contributed by atoms with Crippen molar-refractivity contribution >= 4 is 50.3 Å². The van der Waals surface area contributed by atoms with E-state index in [4.69, 9.17) is 22.1 Å². The van der Waals surface area contributed by atoms with Gasteiger partial charge in [-0.05, 0) is 50.6 Å². The molecule has 2 atom stereocenters. The van der Waals surface area contributed by atoms with Gasteiger partial charge in [-0.1, -0.05) is 61.2 Å². The van der Waals surface area contributed by atoms with Crippen LogP contribution in [0.3, 0.4) is 0 Å². The van der Waals surface area contributed by atoms with Crippen LogP contribution in [0.4, 0.5) is 0 Å². The number of hydrogen-bond donors (Lipinski definition) is 0. The summed E-state index contributed by atoms with van der Waals surface area (Å²) in [7, 11) is -3.75. The highest BCUT2D eigenvalue weighted by Crippen LogP contribution is 2.35. The molecule has 2 aliphatic rings. The standard InChI is InChI=1S/C28H30N4O4S3/c1-4-13-31-27(33)25(38-28(31)37)15-22-18-32(23-10-6-5-7-11-23)29-26(22)21-9-8-12-24(14-21)39(34,35)30-16-19(2)36-20(3)17-30/h5-12,14-15,18-20H,4,13,16-17H2,1-3H3/b25-15-. The van der Waals surface area contributed by atoms with Gasteiger partial charge in [0.15, 0.2) is 0 Å². The number of amides is 1. The van der Waals surface area contributed by atoms with Crippen molar-refractivity contribution in [3.63, 3.8) is 0 Å². The molecule has 0 N–H and O–H groups in total. The van der Waals surface area contributed by atoms with E-state index < -0.39 is 10.0 Å². The molecular weight excluding hydrogens is 553 g/mol. The summed E-state index contributed by atoms with van der Waals surface area (Å²) in [5.41, 5.74) is 2.74. The van der Waals surface area contributed by atoms with Gasteiger partial charge in [-0.3, -0.25) is 9.69 Å². The average molecular weight is 583 g/mol. The molecule has 2 saturated heterocycles. The predicted octanol–water partition coefficient (Wildman–Crippen LogP) is 4.95. The van der Waals surface area contributed by atoms with E-state index in [-0.39, 0.29) is 23.0 Å². The first-order valence-electron chi connectivity index (χ1n) is 12.8. The Labute approximate surface area is 238 Å². The number of nitrogens with zero attached hydrogens (tertiary/aromatic N) is 4. The molecule has 0 saturated carbocycles. The third-order valence-electron chi connectivity index (χ3n) is 6.50. The van der Waals surface area contributed by atoms with E-state index >= 15 is 0 Å². The van der Waals surface area contributed by atoms with Crippen molar-refractivity contribution in [2.24, 2.45) is 0 Å². The summed E-state index contributed by atoms with van der Waals surface area (Å²) in [6.07, 6.45) is 4.07. The van der Waals surface area contributed by atoms with Gasteiger partial charge in [-0.2, -0.15) is 9.40 Å². The maximum atomic E-state index is 13.6. The lowest BCUT2D eigenvalue weighted by Gasteiger charge is -2.34. The zero-order valence-electron chi connectivity index (χ0n) is 22.0. The summed E-state index contributed by atoms with van der Waals surface area (Å²) in [4.78, 5) is 15.4. The molecule has 2 unspecified atom stereocenters. The number of para-hydroxylation sites is 1. The molecule has 11 heteroatoms. The van der Waals surface area contributed by atoms with Gasteiger partial charge in [0.25, 0.3) is 5.91 Å². The number of aromatic nitrogens is 2. The lowest BCUT2D eigenvalue weighted by molar-refractivity contribution is -0.122. The van der Waals surface area contributed by atoms with Gasteiger partial charge in [0.2, 0.25) is 10.0 Å². The second kappa shape index (κ2) is 11.3. The minimum absolute atomic E-state index is 0.128. The topological polar surface area (TPSA) is 84.7 Å². The number of benzene rings is 2. The minimum Gasteiger partial charge on any atom is -0.373 e. The Morgan fingerprint density at radius 1 is 1.10 bits per heavy atom. The van der Waals surface area contributed by atoms with Crippen molar-refractivity contribution in [1.82, 2.24) is 19.0 Å². The Morgan fingerprint density at radius 2 is 1.82 bits per heavy atom. The SMILES string of the molecule is CCCN1C(=O)/C(=C/c2cn(-c3ccccc3)nc2-c2cccc(S(=O)(=O)N3CC(C)OC(C)C3)c2)SC1=S. The molecule has 39 heavy (non-hydrogen) atoms. The van der Waals surface area contributed by atoms with Crippen LogP contribution in [-0.4, -0.2) is 69.5 Å². The number of hydrogen-bond acceptors (Lipinski definition) is 7. The molecule has 204 valence electrons. The van der Waals surface area contributed by atoms with Gasteiger partial charge in [-0.25, -0.2) is 13.1 Å². The fourth-order valence-corrected chi connectivity index (χ4v) is 7.70. The summed E-state index contributed by atoms with van der Waals surface area (Å²) < 4.78 is 36.7. The molecule has 2 aromatic carbocycles. The summed E-state index contributed by atoms with van der Waals surface area (Å²) in [5.74, 6) is -0.128. The largest absolute Gasteiger partial charge is 0.373 e. The normalized spacial score (nSPS) is 21.7. The van der Waals surface area contributed by atoms with Crippen molar-refractivity contribution in [2.45, 2.75) is 44.3 Å². The first-order chi connectivity index (χ1) is 18.7. The van der Waals surface area contributed by atoms with Gasteiger partial charge >= 0.3 is 0 Å². The predicted molar refractivity (Wildman–Crippen MR) is 158 cm³/mol. The van der Waals surface area contributed by atoms with Gasteiger partial charge in [0, 0.05) is 37.0 Å². The molecule has 3 heterocycles. The van der Waals surface area contributed by atoms with E-state index in [0.717, 1.165) is 12.1 Å². The third kappa shape index (κ3) is 5.73. The van der Waals surface area contributed by atoms with Crippen LogP contribution >= 0.6 is 24.0 Å². The fraction of sp³-hybridized carbons (Fsp3) is 0.321. The van der Waals surface area contributed by atoms with Crippen LogP contribution < -0.4 is 0 Å². The Morgan fingerprint density at radius 3 is 2.51 bits per heavy atom. The van der Waals surface area contributed by atoms with E-state index in [1.54, 1.807) is 33.9 Å². The van der Waals surface area contributed by atoms with Crippen LogP contribution in [0.15, 0.2) is 70.6 Å². The van der Waals surface area contributed by atoms with Gasteiger partial charge < -0.3 is 4.74 Å². The smallest absolute Gasteiger partial charge is 0.266 e. The number of ether oxygens (including phenoxy) is 1. The fourth-order valence-electron chi connectivity index (χ4n) is 4.77. The Hall–Kier alpha value is -2.83. The summed E-state index contributed by atoms with van der Waals surface area (Å²) in [6, 6.07) is 16.4. The molecular formula is C28H30N4O4S3. The highest BCUT2D eigenvalue weighted by atomic mass is 32.2. The Kier molecular flexibility index (Phi) is 8.06. The van der Waals surface area contributed by atoms with E-state index in [1.807, 2.05) is 63.4 Å². The average Bonchev–Trinajstić information content (AvgIpc) is 3.45. The lowest BCUT2D eigenvalue weighted by atomic mass is 10.1. The summed E-state index contributed by atoms with van der Waals surface area (Å²) in [5, 5.41) is 4.83. The van der Waals surface area contributed by atoms with Crippen LogP contribution in [0.5, 0.6) is 0 Å². The Bertz CT molecular complexity index is 1530. The Balaban J connectivity index is 1.57. The number of carbonyl (C=O) groups is 1. The monoisotopic (exact) mass is 582 g/mol. The van der Waals surface area contributed by atoms with E-state index in [1.165, 1.54) is 16.1 Å². The number of thiocarbonyl (C=S) groups is 1. The molecule has 2 aliphatic heterocycles. The van der Waals surface area contributed by atoms with Gasteiger partial charge in [0.1, 0.15) is 10.0 Å². The quantitative estimate of drug-likeness (QED) is 0.288. The highest BCUT2D eigenvalue weighted by Gasteiger charge is 2.33. The first kappa shape index (κ1) is 27.7. The highest BCUT2D eigenvalue weighted by molar-refractivity contribution is 8.26. The second-order valence-electron chi connectivity index (χ2n) is 9.65. The van der Waals surface area contributed by atoms with Crippen LogP contribution in [0.2, 0.25) is 0 Å². The number of rotatable bonds is 7. The first-order valence-corrected chi connectivity index (χ1v) is 15.5. The van der Waals surface area contributed by atoms with Crippen LogP contribution in [0.25, 0.3) is 23.0 Å². The number of sulfonamides is 1. The summed E-state index contributed by atoms with van der Waals surface area (Å²) >= 11 is 6.72. The molecule has 3 aromatic rings. The zero-order valence-corrected chi connectivity index (χ0v) is 24.4. The second-order valence-corrected chi connectivity index (χ2v) is 13.3. The van der Waals surface area contributed by atoms with Crippen LogP contribution in [0.1, 0.15) is 32.8 Å².